The van der Waals surface area contributed by atoms with Crippen molar-refractivity contribution in [2.24, 2.45) is 4.99 Å². The summed E-state index contributed by atoms with van der Waals surface area (Å²) in [4.78, 5) is 16.6. The predicted molar refractivity (Wildman–Crippen MR) is 139 cm³/mol. The van der Waals surface area contributed by atoms with Crippen LogP contribution in [0.5, 0.6) is 0 Å². The molecule has 1 aromatic rings. The summed E-state index contributed by atoms with van der Waals surface area (Å²) in [5, 5.41) is 0. The molecule has 0 aromatic heterocycles. The summed E-state index contributed by atoms with van der Waals surface area (Å²) >= 11 is 0. The molecule has 1 aromatic carbocycles. The molecule has 0 heterocycles. The van der Waals surface area contributed by atoms with Crippen molar-refractivity contribution in [3.63, 3.8) is 0 Å². The Balaban J connectivity index is 2.01. The Morgan fingerprint density at radius 1 is 1.12 bits per heavy atom. The number of allylic oxidation sites excluding steroid dienone is 12. The van der Waals surface area contributed by atoms with Crippen molar-refractivity contribution in [2.45, 2.75) is 25.9 Å². The maximum absolute atomic E-state index is 12.0. The van der Waals surface area contributed by atoms with Crippen molar-refractivity contribution in [3.8, 4) is 0 Å². The molecule has 2 aliphatic rings. The van der Waals surface area contributed by atoms with E-state index in [4.69, 9.17) is 4.74 Å². The van der Waals surface area contributed by atoms with Crippen LogP contribution in [0.3, 0.4) is 0 Å². The molecule has 166 valence electrons. The van der Waals surface area contributed by atoms with Crippen LogP contribution in [0.4, 0.5) is 0 Å². The van der Waals surface area contributed by atoms with Gasteiger partial charge in [0.2, 0.25) is 0 Å². The van der Waals surface area contributed by atoms with Crippen molar-refractivity contribution < 1.29 is 9.53 Å². The molecule has 3 heteroatoms. The fraction of sp³-hybridized carbons (Fsp3) is 0.133. The van der Waals surface area contributed by atoms with Gasteiger partial charge in [-0.15, -0.1) is 0 Å². The first-order valence-corrected chi connectivity index (χ1v) is 11.0. The van der Waals surface area contributed by atoms with Crippen molar-refractivity contribution in [3.05, 3.63) is 139 Å². The molecule has 1 atom stereocenters. The molecule has 0 radical (unpaired) electrons. The van der Waals surface area contributed by atoms with Crippen LogP contribution in [-0.2, 0) is 9.53 Å². The van der Waals surface area contributed by atoms with Gasteiger partial charge in [0.25, 0.3) is 0 Å². The van der Waals surface area contributed by atoms with E-state index in [0.717, 1.165) is 52.1 Å². The molecule has 3 nitrogen and oxygen atoms in total. The van der Waals surface area contributed by atoms with Gasteiger partial charge >= 0.3 is 5.97 Å². The fourth-order valence-corrected chi connectivity index (χ4v) is 3.93. The number of ether oxygens (including phenoxy) is 1. The molecule has 0 saturated heterocycles. The smallest absolute Gasteiger partial charge is 0.331 e. The van der Waals surface area contributed by atoms with Crippen LogP contribution in [0.15, 0.2) is 133 Å². The summed E-state index contributed by atoms with van der Waals surface area (Å²) < 4.78 is 5.78. The summed E-state index contributed by atoms with van der Waals surface area (Å²) in [6.07, 6.45) is 22.1. The lowest BCUT2D eigenvalue weighted by molar-refractivity contribution is -0.141. The van der Waals surface area contributed by atoms with Gasteiger partial charge in [0.05, 0.1) is 11.4 Å². The lowest BCUT2D eigenvalue weighted by atomic mass is 9.76. The van der Waals surface area contributed by atoms with Gasteiger partial charge in [-0.05, 0) is 66.4 Å². The average Bonchev–Trinajstić information content (AvgIpc) is 2.86. The topological polar surface area (TPSA) is 38.7 Å². The quantitative estimate of drug-likeness (QED) is 0.186. The second kappa shape index (κ2) is 11.6. The zero-order chi connectivity index (χ0) is 23.6. The van der Waals surface area contributed by atoms with Gasteiger partial charge in [-0.25, -0.2) is 9.79 Å². The van der Waals surface area contributed by atoms with Crippen LogP contribution in [0.25, 0.3) is 5.57 Å². The molecule has 0 N–H and O–H groups in total. The Kier molecular flexibility index (Phi) is 8.31. The highest BCUT2D eigenvalue weighted by Crippen LogP contribution is 2.46. The van der Waals surface area contributed by atoms with E-state index in [0.29, 0.717) is 0 Å². The zero-order valence-corrected chi connectivity index (χ0v) is 19.0. The summed E-state index contributed by atoms with van der Waals surface area (Å²) in [6.45, 7) is 13.1. The molecule has 0 aliphatic heterocycles. The van der Waals surface area contributed by atoms with E-state index in [2.05, 4.69) is 49.0 Å². The SMILES string of the molecule is C=CC(=O)OC1C2=C(C=CCC2)C(=CC=CC=C(C=C)N=C(C=C)C=CC)c2ccccc21. The molecule has 33 heavy (non-hydrogen) atoms. The summed E-state index contributed by atoms with van der Waals surface area (Å²) in [6, 6.07) is 8.07. The van der Waals surface area contributed by atoms with Gasteiger partial charge in [0.15, 0.2) is 0 Å². The Labute approximate surface area is 196 Å². The molecule has 0 spiro atoms. The van der Waals surface area contributed by atoms with E-state index in [1.165, 1.54) is 6.08 Å². The third-order valence-corrected chi connectivity index (χ3v) is 5.41. The standard InChI is InChI=1S/C30H29NO2/c1-5-15-22(6-2)31-23(7-3)16-9-10-17-24-25-18-11-13-20-27(25)30(33-29(32)8-4)28-21-14-12-19-26(24)28/h5-13,15-20,30H,2-4,14,21H2,1H3. The van der Waals surface area contributed by atoms with Crippen molar-refractivity contribution in [1.29, 1.82) is 0 Å². The number of fused-ring (bicyclic) bond motifs is 1. The second-order valence-corrected chi connectivity index (χ2v) is 7.49. The van der Waals surface area contributed by atoms with E-state index >= 15 is 0 Å². The molecule has 3 rings (SSSR count). The second-order valence-electron chi connectivity index (χ2n) is 7.49. The van der Waals surface area contributed by atoms with Crippen LogP contribution in [0, 0.1) is 0 Å². The number of benzene rings is 1. The predicted octanol–water partition coefficient (Wildman–Crippen LogP) is 7.33. The molecule has 0 fully saturated rings. The van der Waals surface area contributed by atoms with Gasteiger partial charge in [0, 0.05) is 11.6 Å². The molecule has 2 aliphatic carbocycles. The third kappa shape index (κ3) is 5.64. The highest BCUT2D eigenvalue weighted by molar-refractivity contribution is 6.04. The lowest BCUT2D eigenvalue weighted by Gasteiger charge is -2.32. The van der Waals surface area contributed by atoms with Gasteiger partial charge in [-0.3, -0.25) is 0 Å². The molecule has 0 amide bonds. The van der Waals surface area contributed by atoms with Crippen LogP contribution < -0.4 is 0 Å². The normalized spacial score (nSPS) is 19.5. The highest BCUT2D eigenvalue weighted by Gasteiger charge is 2.32. The van der Waals surface area contributed by atoms with Gasteiger partial charge < -0.3 is 4.74 Å². The monoisotopic (exact) mass is 435 g/mol. The first-order valence-electron chi connectivity index (χ1n) is 11.0. The number of rotatable bonds is 8. The first-order chi connectivity index (χ1) is 16.1. The number of aliphatic imine (C=N–C) groups is 1. The van der Waals surface area contributed by atoms with Crippen molar-refractivity contribution >= 4 is 17.3 Å². The van der Waals surface area contributed by atoms with E-state index in [9.17, 15) is 4.79 Å². The minimum absolute atomic E-state index is 0.390. The maximum Gasteiger partial charge on any atom is 0.331 e. The zero-order valence-electron chi connectivity index (χ0n) is 19.0. The van der Waals surface area contributed by atoms with Crippen LogP contribution in [0.1, 0.15) is 37.0 Å². The Hall–Kier alpha value is -3.98. The van der Waals surface area contributed by atoms with Crippen molar-refractivity contribution in [2.75, 3.05) is 0 Å². The highest BCUT2D eigenvalue weighted by atomic mass is 16.5. The number of esters is 1. The van der Waals surface area contributed by atoms with Gasteiger partial charge in [-0.1, -0.05) is 80.5 Å². The van der Waals surface area contributed by atoms with E-state index < -0.39 is 12.1 Å². The lowest BCUT2D eigenvalue weighted by Crippen LogP contribution is -2.20. The number of hydrogen-bond acceptors (Lipinski definition) is 3. The minimum atomic E-state index is -0.414. The van der Waals surface area contributed by atoms with Gasteiger partial charge in [0.1, 0.15) is 6.10 Å². The first kappa shape index (κ1) is 23.7. The van der Waals surface area contributed by atoms with Gasteiger partial charge in [-0.2, -0.15) is 0 Å². The molecule has 1 unspecified atom stereocenters. The Morgan fingerprint density at radius 2 is 1.94 bits per heavy atom. The summed E-state index contributed by atoms with van der Waals surface area (Å²) in [5.74, 6) is -0.414. The number of nitrogens with zero attached hydrogens (tertiary/aromatic N) is 1. The fourth-order valence-electron chi connectivity index (χ4n) is 3.93. The number of hydrogen-bond donors (Lipinski definition) is 0. The Bertz CT molecular complexity index is 1170. The molecular formula is C30H29NO2. The summed E-state index contributed by atoms with van der Waals surface area (Å²) in [7, 11) is 0. The maximum atomic E-state index is 12.0. The van der Waals surface area contributed by atoms with Crippen molar-refractivity contribution in [1.82, 2.24) is 0 Å². The summed E-state index contributed by atoms with van der Waals surface area (Å²) in [5.41, 5.74) is 6.92. The van der Waals surface area contributed by atoms with Crippen LogP contribution in [0.2, 0.25) is 0 Å². The molecular weight excluding hydrogens is 406 g/mol. The largest absolute Gasteiger partial charge is 0.450 e. The number of carbonyl (C=O) groups is 1. The minimum Gasteiger partial charge on any atom is -0.450 e. The molecule has 0 bridgehead atoms. The molecule has 0 saturated carbocycles. The van der Waals surface area contributed by atoms with E-state index in [1.807, 2.05) is 55.5 Å². The van der Waals surface area contributed by atoms with Crippen LogP contribution >= 0.6 is 0 Å². The average molecular weight is 436 g/mol. The number of carbonyl (C=O) groups excluding carboxylic acids is 1. The van der Waals surface area contributed by atoms with Crippen LogP contribution in [-0.4, -0.2) is 11.7 Å². The Morgan fingerprint density at radius 3 is 2.67 bits per heavy atom. The third-order valence-electron chi connectivity index (χ3n) is 5.41. The van der Waals surface area contributed by atoms with E-state index in [-0.39, 0.29) is 0 Å². The van der Waals surface area contributed by atoms with E-state index in [1.54, 1.807) is 12.2 Å².